The average molecular weight is 405 g/mol. The van der Waals surface area contributed by atoms with Gasteiger partial charge < -0.3 is 15.0 Å². The van der Waals surface area contributed by atoms with Crippen LogP contribution in [0.1, 0.15) is 20.8 Å². The molecule has 7 nitrogen and oxygen atoms in total. The number of nitrogens with zero attached hydrogens (tertiary/aromatic N) is 2. The third-order valence-electron chi connectivity index (χ3n) is 3.27. The molecule has 0 heterocycles. The van der Waals surface area contributed by atoms with Crippen LogP contribution in [0.25, 0.3) is 0 Å². The third kappa shape index (κ3) is 9.26. The predicted molar refractivity (Wildman–Crippen MR) is 108 cm³/mol. The Morgan fingerprint density at radius 1 is 1.38 bits per heavy atom. The molecule has 0 saturated heterocycles. The van der Waals surface area contributed by atoms with Crippen LogP contribution < -0.4 is 14.8 Å². The highest BCUT2D eigenvalue weighted by molar-refractivity contribution is 7.88. The van der Waals surface area contributed by atoms with Crippen LogP contribution in [0.15, 0.2) is 29.3 Å². The summed E-state index contributed by atoms with van der Waals surface area (Å²) in [4.78, 5) is 6.47. The number of halogens is 1. The minimum Gasteiger partial charge on any atom is -0.492 e. The lowest BCUT2D eigenvalue weighted by Crippen LogP contribution is -2.47. The number of ether oxygens (including phenoxy) is 1. The van der Waals surface area contributed by atoms with Gasteiger partial charge in [-0.1, -0.05) is 17.7 Å². The predicted octanol–water partition coefficient (Wildman–Crippen LogP) is 1.94. The van der Waals surface area contributed by atoms with E-state index in [0.29, 0.717) is 43.0 Å². The molecule has 0 aliphatic rings. The van der Waals surface area contributed by atoms with Gasteiger partial charge in [0.05, 0.1) is 19.3 Å². The van der Waals surface area contributed by atoms with Crippen LogP contribution in [0, 0.1) is 0 Å². The van der Waals surface area contributed by atoms with E-state index in [4.69, 9.17) is 16.3 Å². The summed E-state index contributed by atoms with van der Waals surface area (Å²) in [7, 11) is -1.39. The monoisotopic (exact) mass is 404 g/mol. The van der Waals surface area contributed by atoms with Crippen molar-refractivity contribution >= 4 is 27.6 Å². The fourth-order valence-corrected chi connectivity index (χ4v) is 3.49. The number of hydrogen-bond acceptors (Lipinski definition) is 4. The van der Waals surface area contributed by atoms with Crippen molar-refractivity contribution < 1.29 is 13.2 Å². The molecular formula is C17H29ClN4O3S. The van der Waals surface area contributed by atoms with E-state index in [1.807, 2.05) is 31.0 Å². The summed E-state index contributed by atoms with van der Waals surface area (Å²) in [6.07, 6.45) is 1.14. The molecule has 0 fully saturated rings. The SMILES string of the molecule is CCNC(=NCC(C)(C)NS(C)(=O)=O)N(C)CCOc1cccc(Cl)c1. The van der Waals surface area contributed by atoms with Crippen molar-refractivity contribution in [2.75, 3.05) is 39.5 Å². The second-order valence-electron chi connectivity index (χ2n) is 6.66. The van der Waals surface area contributed by atoms with Gasteiger partial charge in [-0.05, 0) is 39.0 Å². The summed E-state index contributed by atoms with van der Waals surface area (Å²) < 4.78 is 31.2. The van der Waals surface area contributed by atoms with Crippen molar-refractivity contribution in [3.05, 3.63) is 29.3 Å². The van der Waals surface area contributed by atoms with Gasteiger partial charge in [0.1, 0.15) is 12.4 Å². The zero-order valence-electron chi connectivity index (χ0n) is 16.0. The molecule has 0 bridgehead atoms. The van der Waals surface area contributed by atoms with E-state index < -0.39 is 15.6 Å². The number of benzene rings is 1. The van der Waals surface area contributed by atoms with Crippen molar-refractivity contribution in [2.45, 2.75) is 26.3 Å². The second kappa shape index (κ2) is 9.99. The molecule has 1 aromatic rings. The molecular weight excluding hydrogens is 376 g/mol. The molecule has 0 saturated carbocycles. The van der Waals surface area contributed by atoms with Crippen molar-refractivity contribution in [3.8, 4) is 5.75 Å². The molecule has 0 amide bonds. The van der Waals surface area contributed by atoms with Gasteiger partial charge >= 0.3 is 0 Å². The van der Waals surface area contributed by atoms with Crippen LogP contribution in [-0.4, -0.2) is 64.4 Å². The quantitative estimate of drug-likeness (QED) is 0.485. The Bertz CT molecular complexity index is 708. The van der Waals surface area contributed by atoms with E-state index in [0.717, 1.165) is 6.26 Å². The Kier molecular flexibility index (Phi) is 8.66. The highest BCUT2D eigenvalue weighted by Gasteiger charge is 2.22. The Labute approximate surface area is 161 Å². The number of aliphatic imine (C=N–C) groups is 1. The second-order valence-corrected chi connectivity index (χ2v) is 8.84. The summed E-state index contributed by atoms with van der Waals surface area (Å²) in [6.45, 7) is 7.66. The molecule has 2 N–H and O–H groups in total. The van der Waals surface area contributed by atoms with Gasteiger partial charge in [0, 0.05) is 24.2 Å². The van der Waals surface area contributed by atoms with Crippen LogP contribution in [-0.2, 0) is 10.0 Å². The molecule has 0 aromatic heterocycles. The van der Waals surface area contributed by atoms with E-state index in [-0.39, 0.29) is 0 Å². The molecule has 0 radical (unpaired) electrons. The lowest BCUT2D eigenvalue weighted by molar-refractivity contribution is 0.281. The minimum absolute atomic E-state index is 0.307. The first-order valence-corrected chi connectivity index (χ1v) is 10.7. The summed E-state index contributed by atoms with van der Waals surface area (Å²) in [5.74, 6) is 1.40. The number of hydrogen-bond donors (Lipinski definition) is 2. The van der Waals surface area contributed by atoms with E-state index >= 15 is 0 Å². The molecule has 0 aliphatic heterocycles. The van der Waals surface area contributed by atoms with Gasteiger partial charge in [0.2, 0.25) is 10.0 Å². The van der Waals surface area contributed by atoms with Crippen LogP contribution in [0.2, 0.25) is 5.02 Å². The first-order valence-electron chi connectivity index (χ1n) is 8.39. The Hall–Kier alpha value is -1.51. The molecule has 148 valence electrons. The molecule has 26 heavy (non-hydrogen) atoms. The van der Waals surface area contributed by atoms with Gasteiger partial charge in [-0.2, -0.15) is 0 Å². The van der Waals surface area contributed by atoms with Gasteiger partial charge in [0.25, 0.3) is 0 Å². The fraction of sp³-hybridized carbons (Fsp3) is 0.588. The van der Waals surface area contributed by atoms with Gasteiger partial charge in [0.15, 0.2) is 5.96 Å². The molecule has 1 rings (SSSR count). The highest BCUT2D eigenvalue weighted by Crippen LogP contribution is 2.16. The molecule has 9 heteroatoms. The van der Waals surface area contributed by atoms with Crippen LogP contribution in [0.4, 0.5) is 0 Å². The molecule has 0 unspecified atom stereocenters. The number of sulfonamides is 1. The normalized spacial score (nSPS) is 12.8. The summed E-state index contributed by atoms with van der Waals surface area (Å²) in [5.41, 5.74) is -0.674. The standard InChI is InChI=1S/C17H29ClN4O3S/c1-6-19-16(20-13-17(2,3)21-26(5,23)24)22(4)10-11-25-15-9-7-8-14(18)12-15/h7-9,12,21H,6,10-11,13H2,1-5H3,(H,19,20). The Morgan fingerprint density at radius 3 is 2.65 bits per heavy atom. The molecule has 0 atom stereocenters. The summed E-state index contributed by atoms with van der Waals surface area (Å²) in [5, 5.41) is 3.83. The lowest BCUT2D eigenvalue weighted by atomic mass is 10.1. The van der Waals surface area contributed by atoms with Crippen molar-refractivity contribution in [2.24, 2.45) is 4.99 Å². The van der Waals surface area contributed by atoms with Crippen molar-refractivity contribution in [1.82, 2.24) is 14.9 Å². The first-order chi connectivity index (χ1) is 12.0. The summed E-state index contributed by atoms with van der Waals surface area (Å²) in [6, 6.07) is 7.25. The largest absolute Gasteiger partial charge is 0.492 e. The van der Waals surface area contributed by atoms with E-state index in [9.17, 15) is 8.42 Å². The maximum Gasteiger partial charge on any atom is 0.209 e. The zero-order chi connectivity index (χ0) is 19.8. The summed E-state index contributed by atoms with van der Waals surface area (Å²) >= 11 is 5.94. The molecule has 0 spiro atoms. The van der Waals surface area contributed by atoms with Gasteiger partial charge in [-0.3, -0.25) is 4.99 Å². The Morgan fingerprint density at radius 2 is 2.08 bits per heavy atom. The van der Waals surface area contributed by atoms with Gasteiger partial charge in [-0.25, -0.2) is 13.1 Å². The van der Waals surface area contributed by atoms with E-state index in [1.54, 1.807) is 26.0 Å². The maximum atomic E-state index is 11.4. The number of guanidine groups is 1. The van der Waals surface area contributed by atoms with Gasteiger partial charge in [-0.15, -0.1) is 0 Å². The van der Waals surface area contributed by atoms with Crippen LogP contribution in [0.3, 0.4) is 0 Å². The third-order valence-corrected chi connectivity index (χ3v) is 4.43. The molecule has 0 aliphatic carbocycles. The minimum atomic E-state index is -3.29. The molecule has 1 aromatic carbocycles. The van der Waals surface area contributed by atoms with Crippen molar-refractivity contribution in [1.29, 1.82) is 0 Å². The average Bonchev–Trinajstić information content (AvgIpc) is 2.49. The Balaban J connectivity index is 2.63. The number of nitrogens with one attached hydrogen (secondary N) is 2. The lowest BCUT2D eigenvalue weighted by Gasteiger charge is -2.26. The fourth-order valence-electron chi connectivity index (χ4n) is 2.24. The van der Waals surface area contributed by atoms with Crippen molar-refractivity contribution in [3.63, 3.8) is 0 Å². The zero-order valence-corrected chi connectivity index (χ0v) is 17.6. The van der Waals surface area contributed by atoms with E-state index in [1.165, 1.54) is 0 Å². The maximum absolute atomic E-state index is 11.4. The number of likely N-dealkylation sites (N-methyl/N-ethyl adjacent to an activating group) is 1. The van der Waals surface area contributed by atoms with E-state index in [2.05, 4.69) is 15.0 Å². The topological polar surface area (TPSA) is 83.0 Å². The first kappa shape index (κ1) is 22.5. The highest BCUT2D eigenvalue weighted by atomic mass is 35.5. The number of rotatable bonds is 9. The smallest absolute Gasteiger partial charge is 0.209 e. The van der Waals surface area contributed by atoms with Crippen LogP contribution in [0.5, 0.6) is 5.75 Å². The van der Waals surface area contributed by atoms with Crippen LogP contribution >= 0.6 is 11.6 Å².